The number of nitrogens with zero attached hydrogens (tertiary/aromatic N) is 1. The molecule has 1 rings (SSSR count). The van der Waals surface area contributed by atoms with Gasteiger partial charge in [0, 0.05) is 0 Å². The van der Waals surface area contributed by atoms with E-state index in [1.165, 1.54) is 0 Å². The SMILES string of the molecule is N#CCC1CO1.[Na+]. The first kappa shape index (κ1) is 7.45. The minimum atomic E-state index is 0. The first-order valence-electron chi connectivity index (χ1n) is 1.92. The smallest absolute Gasteiger partial charge is 0.372 e. The second kappa shape index (κ2) is 3.45. The van der Waals surface area contributed by atoms with Gasteiger partial charge in [-0.3, -0.25) is 0 Å². The minimum Gasteiger partial charge on any atom is -0.372 e. The van der Waals surface area contributed by atoms with Crippen molar-refractivity contribution in [1.82, 2.24) is 0 Å². The van der Waals surface area contributed by atoms with Gasteiger partial charge in [-0.1, -0.05) is 0 Å². The van der Waals surface area contributed by atoms with Crippen LogP contribution in [0.15, 0.2) is 0 Å². The molecule has 1 atom stereocenters. The molecule has 1 aliphatic rings. The van der Waals surface area contributed by atoms with Crippen LogP contribution in [0.2, 0.25) is 0 Å². The summed E-state index contributed by atoms with van der Waals surface area (Å²) in [7, 11) is 0. The minimum absolute atomic E-state index is 0. The van der Waals surface area contributed by atoms with Crippen molar-refractivity contribution in [3.8, 4) is 6.07 Å². The van der Waals surface area contributed by atoms with E-state index in [2.05, 4.69) is 0 Å². The zero-order chi connectivity index (χ0) is 4.41. The largest absolute Gasteiger partial charge is 1.00 e. The van der Waals surface area contributed by atoms with Gasteiger partial charge in [0.05, 0.1) is 25.2 Å². The van der Waals surface area contributed by atoms with Crippen molar-refractivity contribution in [2.45, 2.75) is 12.5 Å². The van der Waals surface area contributed by atoms with Crippen molar-refractivity contribution < 1.29 is 34.3 Å². The monoisotopic (exact) mass is 106 g/mol. The van der Waals surface area contributed by atoms with Crippen molar-refractivity contribution in [2.75, 3.05) is 6.61 Å². The van der Waals surface area contributed by atoms with Gasteiger partial charge >= 0.3 is 29.6 Å². The molecule has 0 N–H and O–H groups in total. The average molecular weight is 106 g/mol. The summed E-state index contributed by atoms with van der Waals surface area (Å²) in [6, 6.07) is 2.00. The predicted molar refractivity (Wildman–Crippen MR) is 20.0 cm³/mol. The zero-order valence-corrected chi connectivity index (χ0v) is 6.35. The van der Waals surface area contributed by atoms with Crippen molar-refractivity contribution >= 4 is 0 Å². The van der Waals surface area contributed by atoms with Gasteiger partial charge in [0.15, 0.2) is 0 Å². The van der Waals surface area contributed by atoms with E-state index in [1.54, 1.807) is 0 Å². The number of epoxide rings is 1. The summed E-state index contributed by atoms with van der Waals surface area (Å²) in [6.45, 7) is 0.799. The van der Waals surface area contributed by atoms with Crippen LogP contribution in [-0.2, 0) is 4.74 Å². The molecule has 0 radical (unpaired) electrons. The third kappa shape index (κ3) is 3.07. The van der Waals surface area contributed by atoms with Crippen LogP contribution in [0.4, 0.5) is 0 Å². The van der Waals surface area contributed by atoms with Crippen LogP contribution in [0.1, 0.15) is 6.42 Å². The first-order chi connectivity index (χ1) is 2.93. The molecule has 1 heterocycles. The fourth-order valence-electron chi connectivity index (χ4n) is 0.288. The molecule has 0 aromatic carbocycles. The van der Waals surface area contributed by atoms with E-state index in [-0.39, 0.29) is 35.7 Å². The molecule has 7 heavy (non-hydrogen) atoms. The van der Waals surface area contributed by atoms with E-state index in [4.69, 9.17) is 10.00 Å². The van der Waals surface area contributed by atoms with Gasteiger partial charge in [0.25, 0.3) is 0 Å². The van der Waals surface area contributed by atoms with E-state index < -0.39 is 0 Å². The van der Waals surface area contributed by atoms with E-state index in [0.29, 0.717) is 6.42 Å². The summed E-state index contributed by atoms with van der Waals surface area (Å²) < 4.78 is 4.73. The molecule has 0 aliphatic carbocycles. The Morgan fingerprint density at radius 3 is 2.57 bits per heavy atom. The topological polar surface area (TPSA) is 36.3 Å². The van der Waals surface area contributed by atoms with Gasteiger partial charge in [-0.15, -0.1) is 0 Å². The van der Waals surface area contributed by atoms with Crippen molar-refractivity contribution in [1.29, 1.82) is 5.26 Å². The third-order valence-corrected chi connectivity index (χ3v) is 0.721. The van der Waals surface area contributed by atoms with E-state index >= 15 is 0 Å². The quantitative estimate of drug-likeness (QED) is 0.269. The number of rotatable bonds is 1. The molecule has 1 fully saturated rings. The molecule has 0 spiro atoms. The number of hydrogen-bond donors (Lipinski definition) is 0. The average Bonchev–Trinajstić information content (AvgIpc) is 2.21. The van der Waals surface area contributed by atoms with Crippen LogP contribution in [0, 0.1) is 11.3 Å². The molecule has 2 nitrogen and oxygen atoms in total. The summed E-state index contributed by atoms with van der Waals surface area (Å²) in [4.78, 5) is 0. The Morgan fingerprint density at radius 1 is 1.86 bits per heavy atom. The Balaban J connectivity index is 0.000000360. The molecule has 0 amide bonds. The Hall–Kier alpha value is 0.450. The summed E-state index contributed by atoms with van der Waals surface area (Å²) in [5.41, 5.74) is 0. The van der Waals surface area contributed by atoms with Gasteiger partial charge in [-0.2, -0.15) is 5.26 Å². The Kier molecular flexibility index (Phi) is 3.67. The molecule has 1 unspecified atom stereocenters. The molecule has 0 aromatic heterocycles. The summed E-state index contributed by atoms with van der Waals surface area (Å²) >= 11 is 0. The molecule has 32 valence electrons. The molecule has 0 saturated carbocycles. The summed E-state index contributed by atoms with van der Waals surface area (Å²) in [5, 5.41) is 7.95. The molecular formula is C4H5NNaO+. The molecule has 3 heteroatoms. The van der Waals surface area contributed by atoms with Crippen LogP contribution in [-0.4, -0.2) is 12.7 Å². The number of ether oxygens (including phenoxy) is 1. The van der Waals surface area contributed by atoms with E-state index in [0.717, 1.165) is 6.61 Å². The van der Waals surface area contributed by atoms with E-state index in [9.17, 15) is 0 Å². The van der Waals surface area contributed by atoms with Gasteiger partial charge in [-0.05, 0) is 0 Å². The van der Waals surface area contributed by atoms with Crippen LogP contribution < -0.4 is 29.6 Å². The van der Waals surface area contributed by atoms with Gasteiger partial charge in [-0.25, -0.2) is 0 Å². The number of hydrogen-bond acceptors (Lipinski definition) is 2. The van der Waals surface area contributed by atoms with Gasteiger partial charge in [0.1, 0.15) is 0 Å². The second-order valence-corrected chi connectivity index (χ2v) is 1.32. The van der Waals surface area contributed by atoms with Crippen LogP contribution >= 0.6 is 0 Å². The fraction of sp³-hybridized carbons (Fsp3) is 0.750. The number of nitriles is 1. The van der Waals surface area contributed by atoms with Crippen molar-refractivity contribution in [3.05, 3.63) is 0 Å². The first-order valence-corrected chi connectivity index (χ1v) is 1.92. The van der Waals surface area contributed by atoms with Crippen LogP contribution in [0.25, 0.3) is 0 Å². The maximum Gasteiger partial charge on any atom is 1.00 e. The Bertz CT molecular complexity index is 84.2. The second-order valence-electron chi connectivity index (χ2n) is 1.32. The molecule has 0 aromatic rings. The van der Waals surface area contributed by atoms with Gasteiger partial charge in [0.2, 0.25) is 0 Å². The zero-order valence-electron chi connectivity index (χ0n) is 4.35. The maximum atomic E-state index is 7.95. The summed E-state index contributed by atoms with van der Waals surface area (Å²) in [6.07, 6.45) is 0.856. The summed E-state index contributed by atoms with van der Waals surface area (Å²) in [5.74, 6) is 0. The standard InChI is InChI=1S/C4H5NO.Na/c5-2-1-4-3-6-4;/h4H,1,3H2;/q;+1. The van der Waals surface area contributed by atoms with Crippen molar-refractivity contribution in [2.24, 2.45) is 0 Å². The van der Waals surface area contributed by atoms with Crippen LogP contribution in [0.3, 0.4) is 0 Å². The molecule has 0 bridgehead atoms. The molecular weight excluding hydrogens is 101 g/mol. The van der Waals surface area contributed by atoms with Crippen LogP contribution in [0.5, 0.6) is 0 Å². The fourth-order valence-corrected chi connectivity index (χ4v) is 0.288. The molecule has 1 saturated heterocycles. The Labute approximate surface area is 64.7 Å². The maximum absolute atomic E-state index is 7.95. The third-order valence-electron chi connectivity index (χ3n) is 0.721. The molecule has 1 aliphatic heterocycles. The predicted octanol–water partition coefficient (Wildman–Crippen LogP) is -2.70. The van der Waals surface area contributed by atoms with Gasteiger partial charge < -0.3 is 4.74 Å². The van der Waals surface area contributed by atoms with E-state index in [1.807, 2.05) is 6.07 Å². The van der Waals surface area contributed by atoms with Crippen molar-refractivity contribution in [3.63, 3.8) is 0 Å². The Morgan fingerprint density at radius 2 is 2.43 bits per heavy atom. The normalized spacial score (nSPS) is 24.7.